The largest absolute Gasteiger partial charge is 0.370 e. The van der Waals surface area contributed by atoms with Gasteiger partial charge in [0.25, 0.3) is 0 Å². The fourth-order valence-corrected chi connectivity index (χ4v) is 2.33. The molecule has 16 heavy (non-hydrogen) atoms. The van der Waals surface area contributed by atoms with Crippen molar-refractivity contribution in [3.63, 3.8) is 0 Å². The van der Waals surface area contributed by atoms with E-state index in [0.29, 0.717) is 37.3 Å². The highest BCUT2D eigenvalue weighted by atomic mass is 79.9. The summed E-state index contributed by atoms with van der Waals surface area (Å²) in [4.78, 5) is 13.3. The van der Waals surface area contributed by atoms with E-state index in [1.54, 1.807) is 0 Å². The lowest BCUT2D eigenvalue weighted by Gasteiger charge is -2.29. The van der Waals surface area contributed by atoms with Crippen LogP contribution in [-0.4, -0.2) is 18.9 Å². The van der Waals surface area contributed by atoms with Gasteiger partial charge in [-0.3, -0.25) is 4.79 Å². The van der Waals surface area contributed by atoms with Crippen LogP contribution in [0, 0.1) is 11.3 Å². The van der Waals surface area contributed by atoms with E-state index >= 15 is 0 Å². The summed E-state index contributed by atoms with van der Waals surface area (Å²) in [6, 6.07) is 7.90. The Kier molecular flexibility index (Phi) is 3.25. The molecule has 0 atom stereocenters. The minimum absolute atomic E-state index is 0.310. The minimum Gasteiger partial charge on any atom is -0.370 e. The number of carbonyl (C=O) groups is 1. The first-order chi connectivity index (χ1) is 7.72. The summed E-state index contributed by atoms with van der Waals surface area (Å²) in [5.41, 5.74) is 1.57. The maximum absolute atomic E-state index is 11.2. The van der Waals surface area contributed by atoms with E-state index in [1.807, 2.05) is 18.2 Å². The SMILES string of the molecule is N#Cc1c(Br)cccc1N1CCC(=O)CC1. The number of benzene rings is 1. The fraction of sp³-hybridized carbons (Fsp3) is 0.333. The molecule has 0 unspecified atom stereocenters. The summed E-state index contributed by atoms with van der Waals surface area (Å²) < 4.78 is 0.810. The lowest BCUT2D eigenvalue weighted by molar-refractivity contribution is -0.119. The highest BCUT2D eigenvalue weighted by Gasteiger charge is 2.19. The molecule has 1 heterocycles. The molecular weight excluding hydrogens is 268 g/mol. The zero-order chi connectivity index (χ0) is 11.5. The number of anilines is 1. The van der Waals surface area contributed by atoms with Crippen LogP contribution in [0.3, 0.4) is 0 Å². The summed E-state index contributed by atoms with van der Waals surface area (Å²) in [5.74, 6) is 0.310. The van der Waals surface area contributed by atoms with Crippen molar-refractivity contribution in [2.24, 2.45) is 0 Å². The first kappa shape index (κ1) is 11.2. The van der Waals surface area contributed by atoms with Crippen LogP contribution in [0.15, 0.2) is 22.7 Å². The second-order valence-electron chi connectivity index (χ2n) is 3.77. The molecule has 0 amide bonds. The van der Waals surface area contributed by atoms with E-state index in [9.17, 15) is 4.79 Å². The molecule has 1 fully saturated rings. The topological polar surface area (TPSA) is 44.1 Å². The Labute approximate surface area is 103 Å². The van der Waals surface area contributed by atoms with Gasteiger partial charge in [-0.25, -0.2) is 0 Å². The number of Topliss-reactive ketones (excluding diaryl/α,β-unsaturated/α-hetero) is 1. The molecule has 1 saturated heterocycles. The van der Waals surface area contributed by atoms with E-state index in [0.717, 1.165) is 10.2 Å². The molecule has 0 saturated carbocycles. The third-order valence-corrected chi connectivity index (χ3v) is 3.43. The van der Waals surface area contributed by atoms with E-state index in [2.05, 4.69) is 26.9 Å². The third kappa shape index (κ3) is 2.10. The Morgan fingerprint density at radius 3 is 2.62 bits per heavy atom. The fourth-order valence-electron chi connectivity index (χ4n) is 1.88. The Morgan fingerprint density at radius 1 is 1.31 bits per heavy atom. The predicted molar refractivity (Wildman–Crippen MR) is 65.3 cm³/mol. The van der Waals surface area contributed by atoms with Gasteiger partial charge in [-0.1, -0.05) is 6.07 Å². The molecule has 0 bridgehead atoms. The molecule has 1 aromatic rings. The molecule has 1 aliphatic rings. The molecule has 1 aromatic carbocycles. The van der Waals surface area contributed by atoms with Crippen molar-refractivity contribution < 1.29 is 4.79 Å². The Morgan fingerprint density at radius 2 is 2.00 bits per heavy atom. The molecule has 4 heteroatoms. The Hall–Kier alpha value is -1.34. The third-order valence-electron chi connectivity index (χ3n) is 2.77. The van der Waals surface area contributed by atoms with Crippen LogP contribution in [0.5, 0.6) is 0 Å². The van der Waals surface area contributed by atoms with Crippen LogP contribution in [0.2, 0.25) is 0 Å². The molecule has 0 spiro atoms. The van der Waals surface area contributed by atoms with Crippen LogP contribution in [-0.2, 0) is 4.79 Å². The molecule has 3 nitrogen and oxygen atoms in total. The van der Waals surface area contributed by atoms with Gasteiger partial charge in [0.2, 0.25) is 0 Å². The quantitative estimate of drug-likeness (QED) is 0.793. The highest BCUT2D eigenvalue weighted by Crippen LogP contribution is 2.28. The summed E-state index contributed by atoms with van der Waals surface area (Å²) in [5, 5.41) is 9.11. The second-order valence-corrected chi connectivity index (χ2v) is 4.63. The molecule has 2 rings (SSSR count). The summed E-state index contributed by atoms with van der Waals surface area (Å²) >= 11 is 3.37. The molecule has 82 valence electrons. The van der Waals surface area contributed by atoms with Gasteiger partial charge in [0.05, 0.1) is 11.3 Å². The van der Waals surface area contributed by atoms with Gasteiger partial charge < -0.3 is 4.90 Å². The van der Waals surface area contributed by atoms with Gasteiger partial charge in [-0.05, 0) is 28.1 Å². The number of rotatable bonds is 1. The van der Waals surface area contributed by atoms with Crippen molar-refractivity contribution >= 4 is 27.4 Å². The normalized spacial score (nSPS) is 16.0. The minimum atomic E-state index is 0.310. The van der Waals surface area contributed by atoms with Gasteiger partial charge in [-0.15, -0.1) is 0 Å². The Bertz CT molecular complexity index is 455. The van der Waals surface area contributed by atoms with Crippen LogP contribution in [0.25, 0.3) is 0 Å². The van der Waals surface area contributed by atoms with Gasteiger partial charge in [0, 0.05) is 30.4 Å². The maximum atomic E-state index is 11.2. The first-order valence-electron chi connectivity index (χ1n) is 5.17. The zero-order valence-corrected chi connectivity index (χ0v) is 10.3. The summed E-state index contributed by atoms with van der Waals surface area (Å²) in [6.07, 6.45) is 1.16. The van der Waals surface area contributed by atoms with Crippen molar-refractivity contribution in [3.05, 3.63) is 28.2 Å². The van der Waals surface area contributed by atoms with E-state index < -0.39 is 0 Å². The van der Waals surface area contributed by atoms with Gasteiger partial charge >= 0.3 is 0 Å². The van der Waals surface area contributed by atoms with Crippen LogP contribution in [0.4, 0.5) is 5.69 Å². The zero-order valence-electron chi connectivity index (χ0n) is 8.74. The Balaban J connectivity index is 2.31. The number of carbonyl (C=O) groups excluding carboxylic acids is 1. The molecule has 0 N–H and O–H groups in total. The number of ketones is 1. The molecular formula is C12H11BrN2O. The van der Waals surface area contributed by atoms with Crippen LogP contribution in [0.1, 0.15) is 18.4 Å². The monoisotopic (exact) mass is 278 g/mol. The standard InChI is InChI=1S/C12H11BrN2O/c13-11-2-1-3-12(10(11)8-14)15-6-4-9(16)5-7-15/h1-3H,4-7H2. The summed E-state index contributed by atoms with van der Waals surface area (Å²) in [7, 11) is 0. The molecule has 1 aliphatic heterocycles. The number of halogens is 1. The van der Waals surface area contributed by atoms with Crippen molar-refractivity contribution in [1.29, 1.82) is 5.26 Å². The molecule has 0 radical (unpaired) electrons. The molecule has 0 aromatic heterocycles. The van der Waals surface area contributed by atoms with Crippen molar-refractivity contribution in [2.45, 2.75) is 12.8 Å². The number of hydrogen-bond acceptors (Lipinski definition) is 3. The average Bonchev–Trinajstić information content (AvgIpc) is 2.30. The average molecular weight is 279 g/mol. The highest BCUT2D eigenvalue weighted by molar-refractivity contribution is 9.10. The van der Waals surface area contributed by atoms with Gasteiger partial charge in [0.1, 0.15) is 11.9 Å². The van der Waals surface area contributed by atoms with E-state index in [-0.39, 0.29) is 0 Å². The molecule has 0 aliphatic carbocycles. The van der Waals surface area contributed by atoms with Crippen LogP contribution >= 0.6 is 15.9 Å². The smallest absolute Gasteiger partial charge is 0.136 e. The lowest BCUT2D eigenvalue weighted by Crippen LogP contribution is -2.34. The van der Waals surface area contributed by atoms with Crippen LogP contribution < -0.4 is 4.90 Å². The van der Waals surface area contributed by atoms with Crippen molar-refractivity contribution in [1.82, 2.24) is 0 Å². The first-order valence-corrected chi connectivity index (χ1v) is 5.97. The summed E-state index contributed by atoms with van der Waals surface area (Å²) in [6.45, 7) is 1.42. The van der Waals surface area contributed by atoms with Crippen molar-refractivity contribution in [2.75, 3.05) is 18.0 Å². The number of piperidine rings is 1. The number of hydrogen-bond donors (Lipinski definition) is 0. The van der Waals surface area contributed by atoms with E-state index in [1.165, 1.54) is 0 Å². The predicted octanol–water partition coefficient (Wildman–Crippen LogP) is 2.49. The second kappa shape index (κ2) is 4.67. The maximum Gasteiger partial charge on any atom is 0.136 e. The van der Waals surface area contributed by atoms with Gasteiger partial charge in [0.15, 0.2) is 0 Å². The number of nitrogens with zero attached hydrogens (tertiary/aromatic N) is 2. The van der Waals surface area contributed by atoms with E-state index in [4.69, 9.17) is 5.26 Å². The lowest BCUT2D eigenvalue weighted by atomic mass is 10.1. The number of nitriles is 1. The van der Waals surface area contributed by atoms with Gasteiger partial charge in [-0.2, -0.15) is 5.26 Å². The van der Waals surface area contributed by atoms with Crippen molar-refractivity contribution in [3.8, 4) is 6.07 Å².